The number of hydrogen-bond donors (Lipinski definition) is 1. The maximum absolute atomic E-state index is 13.6. The van der Waals surface area contributed by atoms with Crippen LogP contribution in [-0.4, -0.2) is 14.3 Å². The SMILES string of the molecule is Cc1ccc(Cl)cc1N(Cc1ccc(C(=O)NCc2ccccc2Cl)cc1)S(=O)(=O)c1ccccc1. The third kappa shape index (κ3) is 5.90. The Balaban J connectivity index is 1.58. The second kappa shape index (κ2) is 11.2. The minimum absolute atomic E-state index is 0.0694. The normalized spacial score (nSPS) is 11.2. The molecule has 0 atom stereocenters. The fourth-order valence-electron chi connectivity index (χ4n) is 3.72. The molecule has 4 aromatic carbocycles. The Hall–Kier alpha value is -3.32. The molecule has 0 bridgehead atoms. The Kier molecular flexibility index (Phi) is 7.99. The zero-order valence-electron chi connectivity index (χ0n) is 19.5. The van der Waals surface area contributed by atoms with Crippen molar-refractivity contribution in [2.45, 2.75) is 24.9 Å². The van der Waals surface area contributed by atoms with Gasteiger partial charge in [0.25, 0.3) is 15.9 Å². The van der Waals surface area contributed by atoms with Crippen LogP contribution in [0.1, 0.15) is 27.0 Å². The molecule has 0 aliphatic heterocycles. The van der Waals surface area contributed by atoms with Gasteiger partial charge in [-0.1, -0.05) is 77.8 Å². The highest BCUT2D eigenvalue weighted by Crippen LogP contribution is 2.31. The lowest BCUT2D eigenvalue weighted by molar-refractivity contribution is 0.0951. The van der Waals surface area contributed by atoms with Crippen LogP contribution >= 0.6 is 23.2 Å². The van der Waals surface area contributed by atoms with Gasteiger partial charge in [0.15, 0.2) is 0 Å². The number of nitrogens with one attached hydrogen (secondary N) is 1. The van der Waals surface area contributed by atoms with Crippen LogP contribution in [0.2, 0.25) is 10.0 Å². The number of hydrogen-bond acceptors (Lipinski definition) is 3. The van der Waals surface area contributed by atoms with E-state index >= 15 is 0 Å². The molecule has 184 valence electrons. The smallest absolute Gasteiger partial charge is 0.264 e. The third-order valence-corrected chi connectivity index (χ3v) is 8.09. The van der Waals surface area contributed by atoms with E-state index in [1.165, 1.54) is 4.31 Å². The maximum Gasteiger partial charge on any atom is 0.264 e. The number of benzene rings is 4. The lowest BCUT2D eigenvalue weighted by Crippen LogP contribution is -2.31. The number of amides is 1. The van der Waals surface area contributed by atoms with Crippen molar-refractivity contribution >= 4 is 44.8 Å². The van der Waals surface area contributed by atoms with Crippen molar-refractivity contribution in [3.05, 3.63) is 129 Å². The van der Waals surface area contributed by atoms with Crippen molar-refractivity contribution in [2.24, 2.45) is 0 Å². The van der Waals surface area contributed by atoms with Gasteiger partial charge in [0.2, 0.25) is 0 Å². The van der Waals surface area contributed by atoms with E-state index in [1.54, 1.807) is 78.9 Å². The van der Waals surface area contributed by atoms with Crippen molar-refractivity contribution < 1.29 is 13.2 Å². The molecule has 0 heterocycles. The molecule has 0 saturated heterocycles. The van der Waals surface area contributed by atoms with Crippen LogP contribution in [0, 0.1) is 6.92 Å². The first-order valence-electron chi connectivity index (χ1n) is 11.2. The molecule has 0 aliphatic carbocycles. The number of halogens is 2. The summed E-state index contributed by atoms with van der Waals surface area (Å²) in [5.41, 5.74) is 3.27. The van der Waals surface area contributed by atoms with Gasteiger partial charge < -0.3 is 5.32 Å². The van der Waals surface area contributed by atoms with E-state index in [1.807, 2.05) is 25.1 Å². The topological polar surface area (TPSA) is 66.5 Å². The molecule has 4 rings (SSSR count). The molecule has 0 spiro atoms. The standard InChI is InChI=1S/C28H24Cl2N2O3S/c1-20-11-16-24(29)17-27(20)32(36(34,35)25-8-3-2-4-9-25)19-21-12-14-22(15-13-21)28(33)31-18-23-7-5-6-10-26(23)30/h2-17H,18-19H2,1H3,(H,31,33). The van der Waals surface area contributed by atoms with Crippen LogP contribution < -0.4 is 9.62 Å². The van der Waals surface area contributed by atoms with Crippen molar-refractivity contribution in [3.8, 4) is 0 Å². The van der Waals surface area contributed by atoms with Crippen LogP contribution in [0.15, 0.2) is 102 Å². The van der Waals surface area contributed by atoms with Crippen molar-refractivity contribution in [1.82, 2.24) is 5.32 Å². The van der Waals surface area contributed by atoms with E-state index in [0.29, 0.717) is 27.8 Å². The van der Waals surface area contributed by atoms with E-state index in [4.69, 9.17) is 23.2 Å². The molecule has 0 aliphatic rings. The molecule has 0 radical (unpaired) electrons. The highest BCUT2D eigenvalue weighted by molar-refractivity contribution is 7.92. The molecule has 1 amide bonds. The summed E-state index contributed by atoms with van der Waals surface area (Å²) >= 11 is 12.4. The molecular weight excluding hydrogens is 515 g/mol. The number of aryl methyl sites for hydroxylation is 1. The van der Waals surface area contributed by atoms with Crippen LogP contribution in [0.4, 0.5) is 5.69 Å². The predicted molar refractivity (Wildman–Crippen MR) is 145 cm³/mol. The van der Waals surface area contributed by atoms with Crippen molar-refractivity contribution in [3.63, 3.8) is 0 Å². The zero-order valence-corrected chi connectivity index (χ0v) is 21.8. The highest BCUT2D eigenvalue weighted by atomic mass is 35.5. The fraction of sp³-hybridized carbons (Fsp3) is 0.107. The number of nitrogens with zero attached hydrogens (tertiary/aromatic N) is 1. The minimum atomic E-state index is -3.88. The Morgan fingerprint density at radius 2 is 1.53 bits per heavy atom. The van der Waals surface area contributed by atoms with Crippen molar-refractivity contribution in [1.29, 1.82) is 0 Å². The lowest BCUT2D eigenvalue weighted by Gasteiger charge is -2.26. The van der Waals surface area contributed by atoms with Gasteiger partial charge in [-0.05, 0) is 66.1 Å². The van der Waals surface area contributed by atoms with Crippen LogP contribution in [0.5, 0.6) is 0 Å². The van der Waals surface area contributed by atoms with Gasteiger partial charge in [-0.15, -0.1) is 0 Å². The second-order valence-electron chi connectivity index (χ2n) is 8.23. The second-order valence-corrected chi connectivity index (χ2v) is 10.9. The quantitative estimate of drug-likeness (QED) is 0.274. The summed E-state index contributed by atoms with van der Waals surface area (Å²) in [6.45, 7) is 2.21. The molecule has 1 N–H and O–H groups in total. The molecule has 36 heavy (non-hydrogen) atoms. The Labute approximate surface area is 221 Å². The summed E-state index contributed by atoms with van der Waals surface area (Å²) < 4.78 is 28.6. The van der Waals surface area contributed by atoms with E-state index in [-0.39, 0.29) is 17.3 Å². The van der Waals surface area contributed by atoms with Gasteiger partial charge in [-0.25, -0.2) is 8.42 Å². The van der Waals surface area contributed by atoms with Crippen molar-refractivity contribution in [2.75, 3.05) is 4.31 Å². The van der Waals surface area contributed by atoms with Gasteiger partial charge in [-0.2, -0.15) is 0 Å². The summed E-state index contributed by atoms with van der Waals surface area (Å²) in [5.74, 6) is -0.249. The fourth-order valence-corrected chi connectivity index (χ4v) is 5.62. The predicted octanol–water partition coefficient (Wildman–Crippen LogP) is 6.63. The number of rotatable bonds is 8. The summed E-state index contributed by atoms with van der Waals surface area (Å²) in [5, 5.41) is 3.88. The Bertz CT molecular complexity index is 1470. The molecule has 4 aromatic rings. The number of anilines is 1. The lowest BCUT2D eigenvalue weighted by atomic mass is 10.1. The third-order valence-electron chi connectivity index (χ3n) is 5.71. The molecule has 8 heteroatoms. The van der Waals surface area contributed by atoms with Gasteiger partial charge in [-0.3, -0.25) is 9.10 Å². The first-order chi connectivity index (χ1) is 17.3. The average Bonchev–Trinajstić information content (AvgIpc) is 2.89. The van der Waals surface area contributed by atoms with E-state index < -0.39 is 10.0 Å². The van der Waals surface area contributed by atoms with Gasteiger partial charge >= 0.3 is 0 Å². The molecule has 0 unspecified atom stereocenters. The summed E-state index contributed by atoms with van der Waals surface area (Å²) in [7, 11) is -3.88. The van der Waals surface area contributed by atoms with E-state index in [2.05, 4.69) is 5.32 Å². The monoisotopic (exact) mass is 538 g/mol. The number of carbonyl (C=O) groups excluding carboxylic acids is 1. The highest BCUT2D eigenvalue weighted by Gasteiger charge is 2.26. The largest absolute Gasteiger partial charge is 0.348 e. The zero-order chi connectivity index (χ0) is 25.7. The molecule has 0 aromatic heterocycles. The summed E-state index contributed by atoms with van der Waals surface area (Å²) in [6.07, 6.45) is 0. The first kappa shape index (κ1) is 25.8. The number of carbonyl (C=O) groups is 1. The summed E-state index contributed by atoms with van der Waals surface area (Å²) in [4.78, 5) is 12.8. The van der Waals surface area contributed by atoms with E-state index in [0.717, 1.165) is 16.7 Å². The van der Waals surface area contributed by atoms with Crippen LogP contribution in [-0.2, 0) is 23.1 Å². The van der Waals surface area contributed by atoms with E-state index in [9.17, 15) is 13.2 Å². The number of sulfonamides is 1. The molecule has 0 saturated carbocycles. The van der Waals surface area contributed by atoms with Gasteiger partial charge in [0.1, 0.15) is 0 Å². The summed E-state index contributed by atoms with van der Waals surface area (Å²) in [6, 6.07) is 27.6. The molecular formula is C28H24Cl2N2O3S. The van der Waals surface area contributed by atoms with Crippen LogP contribution in [0.25, 0.3) is 0 Å². The molecule has 5 nitrogen and oxygen atoms in total. The Morgan fingerprint density at radius 3 is 2.22 bits per heavy atom. The van der Waals surface area contributed by atoms with Gasteiger partial charge in [0.05, 0.1) is 17.1 Å². The Morgan fingerprint density at radius 1 is 0.861 bits per heavy atom. The molecule has 0 fully saturated rings. The maximum atomic E-state index is 13.6. The first-order valence-corrected chi connectivity index (χ1v) is 13.4. The average molecular weight is 539 g/mol. The van der Waals surface area contributed by atoms with Gasteiger partial charge in [0, 0.05) is 22.2 Å². The minimum Gasteiger partial charge on any atom is -0.348 e. The van der Waals surface area contributed by atoms with Crippen LogP contribution in [0.3, 0.4) is 0 Å².